The summed E-state index contributed by atoms with van der Waals surface area (Å²) in [5.74, 6) is 2.14. The molecule has 0 amide bonds. The van der Waals surface area contributed by atoms with E-state index in [9.17, 15) is 4.39 Å². The van der Waals surface area contributed by atoms with Crippen LogP contribution in [0.25, 0.3) is 28.6 Å². The molecule has 3 aromatic rings. The van der Waals surface area contributed by atoms with E-state index in [0.29, 0.717) is 5.82 Å². The van der Waals surface area contributed by atoms with Gasteiger partial charge in [0.2, 0.25) is 5.82 Å². The predicted octanol–water partition coefficient (Wildman–Crippen LogP) is -0.917. The Hall–Kier alpha value is -2.83. The number of benzene rings is 2. The predicted molar refractivity (Wildman–Crippen MR) is 84.2 cm³/mol. The van der Waals surface area contributed by atoms with Gasteiger partial charge in [-0.3, -0.25) is 0 Å². The Bertz CT molecular complexity index is 990. The molecule has 0 spiro atoms. The topological polar surface area (TPSA) is 47.5 Å². The summed E-state index contributed by atoms with van der Waals surface area (Å²) in [6, 6.07) is 14.4. The van der Waals surface area contributed by atoms with Crippen molar-refractivity contribution >= 4 is 17.8 Å². The van der Waals surface area contributed by atoms with Gasteiger partial charge in [-0.25, -0.2) is 18.8 Å². The Morgan fingerprint density at radius 1 is 0.917 bits per heavy atom. The van der Waals surface area contributed by atoms with Gasteiger partial charge in [0.15, 0.2) is 23.7 Å². The van der Waals surface area contributed by atoms with Gasteiger partial charge >= 0.3 is 0 Å². The van der Waals surface area contributed by atoms with Crippen molar-refractivity contribution in [2.24, 2.45) is 4.99 Å². The maximum Gasteiger partial charge on any atom is 0.244 e. The lowest BCUT2D eigenvalue weighted by molar-refractivity contribution is -0.636. The summed E-state index contributed by atoms with van der Waals surface area (Å²) >= 11 is 0. The number of fused-ring (bicyclic) bond motifs is 6. The second-order valence-electron chi connectivity index (χ2n) is 5.44. The Labute approximate surface area is 143 Å². The molecule has 0 radical (unpaired) electrons. The SMILES string of the molecule is Fc1ccc(-c2nnc3n2C2=CN=C[NH+]2c2ccccc2-3)cc1.[Cl-]. The summed E-state index contributed by atoms with van der Waals surface area (Å²) in [5.41, 5.74) is 2.94. The van der Waals surface area contributed by atoms with Crippen LogP contribution in [0, 0.1) is 5.82 Å². The molecule has 2 aliphatic heterocycles. The van der Waals surface area contributed by atoms with E-state index in [2.05, 4.69) is 21.3 Å². The molecule has 0 fully saturated rings. The first-order valence-electron chi connectivity index (χ1n) is 7.25. The zero-order chi connectivity index (χ0) is 15.4. The van der Waals surface area contributed by atoms with Gasteiger partial charge in [0.1, 0.15) is 12.0 Å². The van der Waals surface area contributed by atoms with Crippen molar-refractivity contribution in [3.8, 4) is 22.8 Å². The normalized spacial score (nSPS) is 16.7. The second-order valence-corrected chi connectivity index (χ2v) is 5.44. The van der Waals surface area contributed by atoms with Crippen LogP contribution in [0.15, 0.2) is 59.7 Å². The van der Waals surface area contributed by atoms with E-state index < -0.39 is 0 Å². The average Bonchev–Trinajstić information content (AvgIpc) is 3.22. The molecule has 118 valence electrons. The summed E-state index contributed by atoms with van der Waals surface area (Å²) < 4.78 is 15.2. The van der Waals surface area contributed by atoms with Crippen molar-refractivity contribution in [2.75, 3.05) is 0 Å². The molecule has 24 heavy (non-hydrogen) atoms. The molecule has 2 aliphatic rings. The third kappa shape index (κ3) is 1.94. The monoisotopic (exact) mass is 339 g/mol. The quantitative estimate of drug-likeness (QED) is 0.623. The lowest BCUT2D eigenvalue weighted by Gasteiger charge is -2.22. The van der Waals surface area contributed by atoms with Crippen LogP contribution in [0.5, 0.6) is 0 Å². The van der Waals surface area contributed by atoms with Crippen LogP contribution in [0.4, 0.5) is 10.1 Å². The summed E-state index contributed by atoms with van der Waals surface area (Å²) in [6.07, 6.45) is 3.66. The van der Waals surface area contributed by atoms with E-state index in [1.807, 2.05) is 35.3 Å². The van der Waals surface area contributed by atoms with Gasteiger partial charge in [-0.05, 0) is 30.3 Å². The fourth-order valence-electron chi connectivity index (χ4n) is 3.09. The summed E-state index contributed by atoms with van der Waals surface area (Å²) in [7, 11) is 0. The number of para-hydroxylation sites is 1. The first-order chi connectivity index (χ1) is 11.3. The van der Waals surface area contributed by atoms with Crippen molar-refractivity contribution in [3.05, 3.63) is 60.5 Å². The minimum Gasteiger partial charge on any atom is -1.00 e. The molecule has 1 atom stereocenters. The van der Waals surface area contributed by atoms with Crippen LogP contribution >= 0.6 is 0 Å². The van der Waals surface area contributed by atoms with E-state index in [1.165, 1.54) is 12.1 Å². The van der Waals surface area contributed by atoms with Crippen LogP contribution in [0.1, 0.15) is 0 Å². The largest absolute Gasteiger partial charge is 1.00 e. The number of hydrogen-bond donors (Lipinski definition) is 1. The zero-order valence-electron chi connectivity index (χ0n) is 12.3. The Balaban J connectivity index is 0.00000146. The van der Waals surface area contributed by atoms with Crippen molar-refractivity contribution in [1.29, 1.82) is 0 Å². The van der Waals surface area contributed by atoms with Crippen molar-refractivity contribution < 1.29 is 21.7 Å². The smallest absolute Gasteiger partial charge is 0.244 e. The van der Waals surface area contributed by atoms with Crippen LogP contribution in [-0.2, 0) is 0 Å². The highest BCUT2D eigenvalue weighted by molar-refractivity contribution is 5.82. The van der Waals surface area contributed by atoms with E-state index in [1.54, 1.807) is 12.1 Å². The molecule has 0 bridgehead atoms. The highest BCUT2D eigenvalue weighted by Crippen LogP contribution is 2.34. The van der Waals surface area contributed by atoms with Gasteiger partial charge in [-0.15, -0.1) is 10.2 Å². The number of nitrogens with one attached hydrogen (secondary N) is 1. The first kappa shape index (κ1) is 14.7. The number of rotatable bonds is 1. The molecule has 0 saturated heterocycles. The van der Waals surface area contributed by atoms with Crippen molar-refractivity contribution in [1.82, 2.24) is 14.8 Å². The van der Waals surface area contributed by atoms with Crippen LogP contribution in [0.3, 0.4) is 0 Å². The molecule has 2 aromatic carbocycles. The van der Waals surface area contributed by atoms with Crippen LogP contribution in [0.2, 0.25) is 0 Å². The van der Waals surface area contributed by atoms with Gasteiger partial charge in [0.05, 0.1) is 5.56 Å². The first-order valence-corrected chi connectivity index (χ1v) is 7.25. The van der Waals surface area contributed by atoms with Gasteiger partial charge < -0.3 is 12.4 Å². The molecule has 1 unspecified atom stereocenters. The van der Waals surface area contributed by atoms with Gasteiger partial charge in [0, 0.05) is 11.6 Å². The number of halogens is 2. The number of nitrogens with zero attached hydrogens (tertiary/aromatic N) is 4. The summed E-state index contributed by atoms with van der Waals surface area (Å²) in [4.78, 5) is 5.35. The lowest BCUT2D eigenvalue weighted by Crippen LogP contribution is -3.03. The molecule has 7 heteroatoms. The summed E-state index contributed by atoms with van der Waals surface area (Å²) in [5, 5.41) is 8.70. The molecule has 5 nitrogen and oxygen atoms in total. The van der Waals surface area contributed by atoms with E-state index >= 15 is 0 Å². The third-order valence-corrected chi connectivity index (χ3v) is 4.14. The Morgan fingerprint density at radius 2 is 1.67 bits per heavy atom. The molecule has 1 aromatic heterocycles. The Kier molecular flexibility index (Phi) is 3.30. The number of aliphatic imine (C=N–C) groups is 1. The molecular weight excluding hydrogens is 329 g/mol. The molecule has 3 heterocycles. The van der Waals surface area contributed by atoms with Crippen molar-refractivity contribution in [3.63, 3.8) is 0 Å². The second kappa shape index (κ2) is 5.36. The third-order valence-electron chi connectivity index (χ3n) is 4.14. The van der Waals surface area contributed by atoms with E-state index in [-0.39, 0.29) is 18.2 Å². The van der Waals surface area contributed by atoms with Gasteiger partial charge in [0.25, 0.3) is 0 Å². The van der Waals surface area contributed by atoms with E-state index in [0.717, 1.165) is 33.4 Å². The minimum atomic E-state index is -0.270. The molecule has 0 aliphatic carbocycles. The lowest BCUT2D eigenvalue weighted by atomic mass is 10.1. The highest BCUT2D eigenvalue weighted by atomic mass is 35.5. The zero-order valence-corrected chi connectivity index (χ0v) is 13.1. The van der Waals surface area contributed by atoms with Gasteiger partial charge in [-0.1, -0.05) is 12.1 Å². The average molecular weight is 340 g/mol. The van der Waals surface area contributed by atoms with Gasteiger partial charge in [-0.2, -0.15) is 0 Å². The highest BCUT2D eigenvalue weighted by Gasteiger charge is 2.36. The fourth-order valence-corrected chi connectivity index (χ4v) is 3.09. The summed E-state index contributed by atoms with van der Waals surface area (Å²) in [6.45, 7) is 0. The number of aromatic nitrogens is 3. The molecule has 0 saturated carbocycles. The Morgan fingerprint density at radius 3 is 2.50 bits per heavy atom. The molecule has 5 rings (SSSR count). The minimum absolute atomic E-state index is 0. The standard InChI is InChI=1S/C17H10FN5.ClH/c18-12-7-5-11(6-8-12)16-20-21-17-13-3-1-2-4-14(13)22-10-19-9-15(22)23(16)17;/h1-10H;1H. The number of quaternary nitrogens is 1. The van der Waals surface area contributed by atoms with Crippen LogP contribution < -0.4 is 17.3 Å². The maximum absolute atomic E-state index is 13.2. The van der Waals surface area contributed by atoms with Crippen molar-refractivity contribution in [2.45, 2.75) is 0 Å². The van der Waals surface area contributed by atoms with E-state index in [4.69, 9.17) is 0 Å². The maximum atomic E-state index is 13.2. The van der Waals surface area contributed by atoms with Crippen LogP contribution in [-0.4, -0.2) is 21.1 Å². The number of hydrogen-bond acceptors (Lipinski definition) is 3. The molecular formula is C17H11ClFN5. The molecule has 1 N–H and O–H groups in total. The fraction of sp³-hybridized carbons (Fsp3) is 0.